The molecular weight excluding hydrogens is 434 g/mol. The zero-order chi connectivity index (χ0) is 23.4. The number of hydrogen-bond donors (Lipinski definition) is 2. The summed E-state index contributed by atoms with van der Waals surface area (Å²) >= 11 is 0. The van der Waals surface area contributed by atoms with Crippen molar-refractivity contribution in [3.63, 3.8) is 0 Å². The molecule has 8 nitrogen and oxygen atoms in total. The zero-order valence-corrected chi connectivity index (χ0v) is 18.1. The van der Waals surface area contributed by atoms with Crippen molar-refractivity contribution in [1.29, 1.82) is 5.41 Å². The third-order valence-corrected chi connectivity index (χ3v) is 5.56. The molecule has 10 heteroatoms. The number of anilines is 1. The number of rotatable bonds is 8. The summed E-state index contributed by atoms with van der Waals surface area (Å²) in [6, 6.07) is 5.80. The number of nitrogens with two attached hydrogens (primary N) is 1. The van der Waals surface area contributed by atoms with Gasteiger partial charge in [-0.05, 0) is 25.3 Å². The highest BCUT2D eigenvalue weighted by molar-refractivity contribution is 5.94. The molecule has 1 atom stereocenters. The molecule has 2 aromatic rings. The van der Waals surface area contributed by atoms with Gasteiger partial charge in [0, 0.05) is 42.6 Å². The van der Waals surface area contributed by atoms with E-state index in [1.54, 1.807) is 11.0 Å². The first-order chi connectivity index (χ1) is 15.9. The van der Waals surface area contributed by atoms with Gasteiger partial charge in [0.1, 0.15) is 24.7 Å². The van der Waals surface area contributed by atoms with Gasteiger partial charge in [-0.25, -0.2) is 13.8 Å². The van der Waals surface area contributed by atoms with Gasteiger partial charge in [0.25, 0.3) is 0 Å². The summed E-state index contributed by atoms with van der Waals surface area (Å²) in [6.45, 7) is 1.41. The molecule has 1 aromatic carbocycles. The summed E-state index contributed by atoms with van der Waals surface area (Å²) in [5.74, 6) is -2.06. The maximum Gasteiger partial charge on any atom is 0.313 e. The van der Waals surface area contributed by atoms with Gasteiger partial charge in [-0.15, -0.1) is 0 Å². The summed E-state index contributed by atoms with van der Waals surface area (Å²) < 4.78 is 46.2. The number of pyridine rings is 1. The van der Waals surface area contributed by atoms with Crippen molar-refractivity contribution in [2.24, 2.45) is 5.73 Å². The average Bonchev–Trinajstić information content (AvgIpc) is 2.76. The Labute approximate surface area is 190 Å². The van der Waals surface area contributed by atoms with Crippen molar-refractivity contribution in [1.82, 2.24) is 4.98 Å². The fraction of sp³-hybridized carbons (Fsp3) is 0.435. The average molecular weight is 460 g/mol. The first-order valence-corrected chi connectivity index (χ1v) is 10.8. The number of nitrogens with zero attached hydrogens (tertiary/aromatic N) is 2. The van der Waals surface area contributed by atoms with Gasteiger partial charge >= 0.3 is 5.97 Å². The van der Waals surface area contributed by atoms with Crippen LogP contribution < -0.4 is 10.6 Å². The molecule has 0 bridgehead atoms. The highest BCUT2D eigenvalue weighted by Crippen LogP contribution is 2.30. The van der Waals surface area contributed by atoms with Crippen LogP contribution in [0, 0.1) is 17.0 Å². The molecule has 33 heavy (non-hydrogen) atoms. The number of benzene rings is 1. The van der Waals surface area contributed by atoms with E-state index in [1.807, 2.05) is 0 Å². The molecule has 0 amide bonds. The highest BCUT2D eigenvalue weighted by Gasteiger charge is 2.33. The minimum Gasteiger partial charge on any atom is -0.460 e. The van der Waals surface area contributed by atoms with Crippen LogP contribution in [-0.4, -0.2) is 48.9 Å². The number of nitrogens with one attached hydrogen (secondary N) is 1. The van der Waals surface area contributed by atoms with Crippen LogP contribution in [0.4, 0.5) is 14.6 Å². The van der Waals surface area contributed by atoms with Crippen LogP contribution in [0.3, 0.4) is 0 Å². The van der Waals surface area contributed by atoms with E-state index in [9.17, 15) is 13.6 Å². The molecule has 3 heterocycles. The molecule has 4 rings (SSSR count). The van der Waals surface area contributed by atoms with Crippen LogP contribution in [0.25, 0.3) is 11.1 Å². The largest absolute Gasteiger partial charge is 0.460 e. The molecule has 0 spiro atoms. The van der Waals surface area contributed by atoms with Crippen molar-refractivity contribution in [2.45, 2.75) is 44.7 Å². The van der Waals surface area contributed by atoms with Crippen molar-refractivity contribution >= 4 is 17.6 Å². The lowest BCUT2D eigenvalue weighted by atomic mass is 10.0. The Balaban J connectivity index is 1.39. The number of halogens is 2. The monoisotopic (exact) mass is 460 g/mol. The Hall–Kier alpha value is -3.11. The Morgan fingerprint density at radius 3 is 2.82 bits per heavy atom. The first kappa shape index (κ1) is 23.1. The van der Waals surface area contributed by atoms with Gasteiger partial charge in [-0.1, -0.05) is 18.2 Å². The zero-order valence-electron chi connectivity index (χ0n) is 18.1. The molecule has 1 unspecified atom stereocenters. The van der Waals surface area contributed by atoms with Crippen LogP contribution in [0.2, 0.25) is 0 Å². The summed E-state index contributed by atoms with van der Waals surface area (Å²) in [5, 5.41) is 7.10. The molecule has 0 radical (unpaired) electrons. The number of ether oxygens (including phenoxy) is 3. The van der Waals surface area contributed by atoms with Gasteiger partial charge in [0.2, 0.25) is 0 Å². The third kappa shape index (κ3) is 5.63. The summed E-state index contributed by atoms with van der Waals surface area (Å²) in [4.78, 5) is 17.5. The van der Waals surface area contributed by atoms with E-state index < -0.39 is 17.6 Å². The van der Waals surface area contributed by atoms with Gasteiger partial charge < -0.3 is 24.8 Å². The van der Waals surface area contributed by atoms with E-state index in [2.05, 4.69) is 4.98 Å². The Bertz CT molecular complexity index is 1020. The standard InChI is InChI=1S/C23H26F2N4O4/c24-18-8-15(17-5-3-4-14(22(17)25)13-32-20(30)9-19(26)27)10-28-23(18)29-11-16(12-29)33-21-6-1-2-7-31-21/h3-5,8,10,16,21H,1-2,6-7,9,11-13H2,(H3,26,27). The molecule has 0 saturated carbocycles. The predicted octanol–water partition coefficient (Wildman–Crippen LogP) is 3.13. The van der Waals surface area contributed by atoms with Crippen LogP contribution in [0.15, 0.2) is 30.5 Å². The molecule has 2 aliphatic rings. The topological polar surface area (TPSA) is 111 Å². The lowest BCUT2D eigenvalue weighted by molar-refractivity contribution is -0.192. The number of aromatic nitrogens is 1. The van der Waals surface area contributed by atoms with E-state index in [0.717, 1.165) is 19.3 Å². The van der Waals surface area contributed by atoms with Crippen molar-refractivity contribution in [3.05, 3.63) is 47.7 Å². The van der Waals surface area contributed by atoms with Crippen molar-refractivity contribution in [3.8, 4) is 11.1 Å². The number of amidine groups is 1. The molecule has 176 valence electrons. The molecule has 0 aliphatic carbocycles. The second kappa shape index (κ2) is 10.2. The summed E-state index contributed by atoms with van der Waals surface area (Å²) in [6.07, 6.45) is 3.83. The number of carbonyl (C=O) groups is 1. The van der Waals surface area contributed by atoms with E-state index >= 15 is 0 Å². The lowest BCUT2D eigenvalue weighted by Crippen LogP contribution is -2.54. The van der Waals surface area contributed by atoms with Crippen molar-refractivity contribution < 1.29 is 27.8 Å². The molecule has 2 aliphatic heterocycles. The Morgan fingerprint density at radius 2 is 2.12 bits per heavy atom. The van der Waals surface area contributed by atoms with Crippen LogP contribution >= 0.6 is 0 Å². The van der Waals surface area contributed by atoms with E-state index in [0.29, 0.717) is 19.7 Å². The summed E-state index contributed by atoms with van der Waals surface area (Å²) in [5.41, 5.74) is 5.70. The van der Waals surface area contributed by atoms with Crippen molar-refractivity contribution in [2.75, 3.05) is 24.6 Å². The molecule has 2 saturated heterocycles. The number of hydrogen-bond acceptors (Lipinski definition) is 7. The SMILES string of the molecule is N=C(N)CC(=O)OCc1cccc(-c2cnc(N3CC(OC4CCCCO4)C3)c(F)c2)c1F. The maximum atomic E-state index is 15.0. The highest BCUT2D eigenvalue weighted by atomic mass is 19.1. The van der Waals surface area contributed by atoms with Gasteiger partial charge in [0.15, 0.2) is 17.9 Å². The third-order valence-electron chi connectivity index (χ3n) is 5.56. The second-order valence-electron chi connectivity index (χ2n) is 8.13. The smallest absolute Gasteiger partial charge is 0.313 e. The van der Waals surface area contributed by atoms with Gasteiger partial charge in [-0.3, -0.25) is 10.2 Å². The van der Waals surface area contributed by atoms with E-state index in [-0.39, 0.29) is 53.8 Å². The van der Waals surface area contributed by atoms with Gasteiger partial charge in [0.05, 0.1) is 6.10 Å². The van der Waals surface area contributed by atoms with Gasteiger partial charge in [-0.2, -0.15) is 0 Å². The normalized spacial score (nSPS) is 18.6. The molecule has 1 aromatic heterocycles. The molecule has 3 N–H and O–H groups in total. The first-order valence-electron chi connectivity index (χ1n) is 10.8. The van der Waals surface area contributed by atoms with Crippen LogP contribution in [0.1, 0.15) is 31.2 Å². The summed E-state index contributed by atoms with van der Waals surface area (Å²) in [7, 11) is 0. The second-order valence-corrected chi connectivity index (χ2v) is 8.13. The quantitative estimate of drug-likeness (QED) is 0.354. The van der Waals surface area contributed by atoms with Crippen LogP contribution in [0.5, 0.6) is 0 Å². The Morgan fingerprint density at radius 1 is 1.30 bits per heavy atom. The van der Waals surface area contributed by atoms with E-state index in [4.69, 9.17) is 25.4 Å². The fourth-order valence-electron chi connectivity index (χ4n) is 3.82. The minimum atomic E-state index is -0.726. The lowest BCUT2D eigenvalue weighted by Gasteiger charge is -2.41. The molecule has 2 fully saturated rings. The fourth-order valence-corrected chi connectivity index (χ4v) is 3.82. The molecular formula is C23H26F2N4O4. The maximum absolute atomic E-state index is 15.0. The predicted molar refractivity (Wildman–Crippen MR) is 117 cm³/mol. The Kier molecular flexibility index (Phi) is 7.14. The minimum absolute atomic E-state index is 0.0335. The van der Waals surface area contributed by atoms with E-state index in [1.165, 1.54) is 24.4 Å². The number of esters is 1. The number of carbonyl (C=O) groups excluding carboxylic acids is 1. The van der Waals surface area contributed by atoms with Crippen LogP contribution in [-0.2, 0) is 25.6 Å².